The molecule has 0 aliphatic carbocycles. The van der Waals surface area contributed by atoms with Crippen LogP contribution >= 0.6 is 11.6 Å². The molecule has 138 valence electrons. The molecule has 0 unspecified atom stereocenters. The van der Waals surface area contributed by atoms with Crippen molar-refractivity contribution in [3.8, 4) is 5.75 Å². The minimum atomic E-state index is -0.601. The van der Waals surface area contributed by atoms with E-state index in [9.17, 15) is 9.18 Å². The fourth-order valence-corrected chi connectivity index (χ4v) is 2.31. The standard InChI is InChI=1S/C19H21ClFN3O2/c1-12(2)9-18(25)19(22-17-8-7-13(20)10-16(17)21)24-23-14-5-4-6-15(11-14)26-3/h4-8,10-12,23H,9H2,1-3H3,(H,22,24). The van der Waals surface area contributed by atoms with E-state index in [1.54, 1.807) is 31.4 Å². The highest BCUT2D eigenvalue weighted by Crippen LogP contribution is 2.22. The molecule has 0 spiro atoms. The third-order valence-electron chi connectivity index (χ3n) is 3.39. The Labute approximate surface area is 157 Å². The Morgan fingerprint density at radius 1 is 1.27 bits per heavy atom. The first-order valence-electron chi connectivity index (χ1n) is 8.12. The summed E-state index contributed by atoms with van der Waals surface area (Å²) in [4.78, 5) is 16.6. The Bertz CT molecular complexity index is 809. The summed E-state index contributed by atoms with van der Waals surface area (Å²) in [6.45, 7) is 3.85. The number of nitrogens with zero attached hydrogens (tertiary/aromatic N) is 1. The lowest BCUT2D eigenvalue weighted by atomic mass is 10.1. The molecule has 0 saturated carbocycles. The molecule has 0 bridgehead atoms. The van der Waals surface area contributed by atoms with Gasteiger partial charge in [0.15, 0.2) is 11.6 Å². The molecule has 7 heteroatoms. The fraction of sp³-hybridized carbons (Fsp3) is 0.263. The molecule has 5 nitrogen and oxygen atoms in total. The molecule has 0 aliphatic rings. The average Bonchev–Trinajstić information content (AvgIpc) is 2.59. The second kappa shape index (κ2) is 9.20. The Hall–Kier alpha value is -2.60. The quantitative estimate of drug-likeness (QED) is 0.415. The van der Waals surface area contributed by atoms with E-state index in [1.807, 2.05) is 13.8 Å². The molecule has 0 aromatic heterocycles. The summed E-state index contributed by atoms with van der Waals surface area (Å²) in [5.41, 5.74) is 6.37. The van der Waals surface area contributed by atoms with Gasteiger partial charge in [-0.25, -0.2) is 9.38 Å². The number of nitrogens with one attached hydrogen (secondary N) is 2. The van der Waals surface area contributed by atoms with Crippen molar-refractivity contribution in [2.24, 2.45) is 10.9 Å². The van der Waals surface area contributed by atoms with Crippen LogP contribution in [0.3, 0.4) is 0 Å². The molecule has 2 rings (SSSR count). The first-order valence-corrected chi connectivity index (χ1v) is 8.50. The van der Waals surface area contributed by atoms with Crippen LogP contribution in [0.1, 0.15) is 20.3 Å². The van der Waals surface area contributed by atoms with Crippen molar-refractivity contribution in [3.05, 3.63) is 53.3 Å². The maximum atomic E-state index is 14.0. The molecule has 2 N–H and O–H groups in total. The molecule has 0 radical (unpaired) electrons. The summed E-state index contributed by atoms with van der Waals surface area (Å²) in [5, 5.41) is 0.263. The van der Waals surface area contributed by atoms with Crippen LogP contribution in [0.2, 0.25) is 5.02 Å². The van der Waals surface area contributed by atoms with Crippen molar-refractivity contribution in [2.75, 3.05) is 12.5 Å². The summed E-state index contributed by atoms with van der Waals surface area (Å²) in [5.74, 6) is -0.0167. The Morgan fingerprint density at radius 2 is 2.04 bits per heavy atom. The summed E-state index contributed by atoms with van der Waals surface area (Å²) in [7, 11) is 1.56. The van der Waals surface area contributed by atoms with Gasteiger partial charge in [0.1, 0.15) is 17.3 Å². The molecule has 0 heterocycles. The number of hydrogen-bond donors (Lipinski definition) is 2. The van der Waals surface area contributed by atoms with Crippen molar-refractivity contribution >= 4 is 34.6 Å². The minimum absolute atomic E-state index is 0.0164. The SMILES string of the molecule is COc1cccc(NNC(=Nc2ccc(Cl)cc2F)C(=O)CC(C)C)c1. The van der Waals surface area contributed by atoms with Gasteiger partial charge in [0.2, 0.25) is 0 Å². The van der Waals surface area contributed by atoms with Gasteiger partial charge < -0.3 is 4.74 Å². The van der Waals surface area contributed by atoms with E-state index in [1.165, 1.54) is 12.1 Å². The van der Waals surface area contributed by atoms with Crippen LogP contribution in [-0.4, -0.2) is 18.7 Å². The Morgan fingerprint density at radius 3 is 2.69 bits per heavy atom. The Balaban J connectivity index is 2.25. The van der Waals surface area contributed by atoms with Gasteiger partial charge in [-0.05, 0) is 36.2 Å². The third kappa shape index (κ3) is 5.74. The summed E-state index contributed by atoms with van der Waals surface area (Å²) in [6.07, 6.45) is 0.279. The number of halogens is 2. The van der Waals surface area contributed by atoms with Gasteiger partial charge in [0, 0.05) is 17.5 Å². The number of aliphatic imine (C=N–C) groups is 1. The number of benzene rings is 2. The lowest BCUT2D eigenvalue weighted by Gasteiger charge is -2.13. The zero-order valence-corrected chi connectivity index (χ0v) is 15.6. The van der Waals surface area contributed by atoms with Crippen LogP contribution in [0.25, 0.3) is 0 Å². The Kier molecular flexibility index (Phi) is 6.97. The van der Waals surface area contributed by atoms with Gasteiger partial charge in [-0.3, -0.25) is 15.6 Å². The molecule has 0 fully saturated rings. The smallest absolute Gasteiger partial charge is 0.199 e. The van der Waals surface area contributed by atoms with Crippen molar-refractivity contribution in [2.45, 2.75) is 20.3 Å². The molecular formula is C19H21ClFN3O2. The number of amidine groups is 1. The summed E-state index contributed by atoms with van der Waals surface area (Å²) >= 11 is 5.76. The zero-order valence-electron chi connectivity index (χ0n) is 14.8. The predicted octanol–water partition coefficient (Wildman–Crippen LogP) is 4.75. The number of hydrazine groups is 1. The maximum Gasteiger partial charge on any atom is 0.199 e. The lowest BCUT2D eigenvalue weighted by molar-refractivity contribution is -0.113. The van der Waals surface area contributed by atoms with E-state index in [0.29, 0.717) is 11.4 Å². The number of ether oxygens (including phenoxy) is 1. The van der Waals surface area contributed by atoms with E-state index in [2.05, 4.69) is 15.8 Å². The maximum absolute atomic E-state index is 14.0. The van der Waals surface area contributed by atoms with Crippen LogP contribution < -0.4 is 15.6 Å². The molecule has 0 amide bonds. The monoisotopic (exact) mass is 377 g/mol. The minimum Gasteiger partial charge on any atom is -0.497 e. The average molecular weight is 378 g/mol. The van der Waals surface area contributed by atoms with E-state index >= 15 is 0 Å². The van der Waals surface area contributed by atoms with Crippen molar-refractivity contribution in [1.82, 2.24) is 5.43 Å². The molecule has 2 aromatic carbocycles. The summed E-state index contributed by atoms with van der Waals surface area (Å²) in [6, 6.07) is 11.2. The summed E-state index contributed by atoms with van der Waals surface area (Å²) < 4.78 is 19.2. The highest BCUT2D eigenvalue weighted by atomic mass is 35.5. The van der Waals surface area contributed by atoms with Gasteiger partial charge in [0.25, 0.3) is 0 Å². The predicted molar refractivity (Wildman–Crippen MR) is 103 cm³/mol. The number of ketones is 1. The molecule has 0 atom stereocenters. The molecule has 0 aliphatic heterocycles. The van der Waals surface area contributed by atoms with E-state index in [0.717, 1.165) is 6.07 Å². The largest absolute Gasteiger partial charge is 0.497 e. The van der Waals surface area contributed by atoms with Crippen LogP contribution in [0.5, 0.6) is 5.75 Å². The normalized spacial score (nSPS) is 11.4. The topological polar surface area (TPSA) is 62.7 Å². The van der Waals surface area contributed by atoms with Crippen LogP contribution in [-0.2, 0) is 4.79 Å². The van der Waals surface area contributed by atoms with Crippen molar-refractivity contribution < 1.29 is 13.9 Å². The molecular weight excluding hydrogens is 357 g/mol. The molecule has 26 heavy (non-hydrogen) atoms. The number of rotatable bonds is 7. The van der Waals surface area contributed by atoms with Gasteiger partial charge in [-0.2, -0.15) is 0 Å². The van der Waals surface area contributed by atoms with E-state index in [-0.39, 0.29) is 34.7 Å². The number of methoxy groups -OCH3 is 1. The number of anilines is 1. The van der Waals surface area contributed by atoms with Crippen LogP contribution in [0, 0.1) is 11.7 Å². The van der Waals surface area contributed by atoms with Crippen molar-refractivity contribution in [1.29, 1.82) is 0 Å². The first kappa shape index (κ1) is 19.7. The molecule has 0 saturated heterocycles. The van der Waals surface area contributed by atoms with Crippen LogP contribution in [0.4, 0.5) is 15.8 Å². The number of Topliss-reactive ketones (excluding diaryl/α,β-unsaturated/α-hetero) is 1. The van der Waals surface area contributed by atoms with Crippen molar-refractivity contribution in [3.63, 3.8) is 0 Å². The fourth-order valence-electron chi connectivity index (χ4n) is 2.15. The number of carbonyl (C=O) groups is 1. The van der Waals surface area contributed by atoms with Gasteiger partial charge >= 0.3 is 0 Å². The van der Waals surface area contributed by atoms with E-state index < -0.39 is 5.82 Å². The molecule has 2 aromatic rings. The number of hydrogen-bond acceptors (Lipinski definition) is 4. The second-order valence-electron chi connectivity index (χ2n) is 6.06. The second-order valence-corrected chi connectivity index (χ2v) is 6.50. The van der Waals surface area contributed by atoms with Gasteiger partial charge in [0.05, 0.1) is 12.8 Å². The number of carbonyl (C=O) groups excluding carboxylic acids is 1. The third-order valence-corrected chi connectivity index (χ3v) is 3.63. The van der Waals surface area contributed by atoms with Gasteiger partial charge in [-0.15, -0.1) is 0 Å². The first-order chi connectivity index (χ1) is 12.4. The lowest BCUT2D eigenvalue weighted by Crippen LogP contribution is -2.36. The zero-order chi connectivity index (χ0) is 19.1. The van der Waals surface area contributed by atoms with Gasteiger partial charge in [-0.1, -0.05) is 31.5 Å². The highest BCUT2D eigenvalue weighted by Gasteiger charge is 2.15. The highest BCUT2D eigenvalue weighted by molar-refractivity contribution is 6.39. The van der Waals surface area contributed by atoms with Crippen LogP contribution in [0.15, 0.2) is 47.5 Å². The van der Waals surface area contributed by atoms with E-state index in [4.69, 9.17) is 16.3 Å².